The van der Waals surface area contributed by atoms with Crippen molar-refractivity contribution >= 4 is 15.7 Å². The van der Waals surface area contributed by atoms with Crippen LogP contribution in [-0.4, -0.2) is 66.3 Å². The van der Waals surface area contributed by atoms with E-state index in [1.165, 1.54) is 17.8 Å². The van der Waals surface area contributed by atoms with Gasteiger partial charge in [0.05, 0.1) is 18.6 Å². The van der Waals surface area contributed by atoms with E-state index in [2.05, 4.69) is 26.7 Å². The average molecular weight is 452 g/mol. The molecule has 1 heterocycles. The Morgan fingerprint density at radius 1 is 1.06 bits per heavy atom. The molecule has 0 aliphatic carbocycles. The predicted octanol–water partition coefficient (Wildman–Crippen LogP) is 2.72. The third-order valence-electron chi connectivity index (χ3n) is 5.27. The molecule has 31 heavy (non-hydrogen) atoms. The molecule has 2 aromatic rings. The number of benzene rings is 2. The van der Waals surface area contributed by atoms with Crippen LogP contribution in [0, 0.1) is 5.82 Å². The first-order valence-electron chi connectivity index (χ1n) is 10.5. The van der Waals surface area contributed by atoms with Crippen molar-refractivity contribution < 1.29 is 22.3 Å². The summed E-state index contributed by atoms with van der Waals surface area (Å²) in [4.78, 5) is 4.56. The molecule has 170 valence electrons. The first kappa shape index (κ1) is 23.3. The first-order valence-corrected chi connectivity index (χ1v) is 11.9. The van der Waals surface area contributed by atoms with Crippen molar-refractivity contribution in [2.45, 2.75) is 18.2 Å². The quantitative estimate of drug-likeness (QED) is 0.560. The standard InChI is InChI=1S/C22H30FN3O4S/c1-3-30-22-10-9-20(17-21(22)23)31(27,28)24-11-4-12-25-13-15-26(16-14-25)18-5-7-19(29-2)8-6-18/h5-10,17,24H,3-4,11-16H2,1-2H3. The maximum absolute atomic E-state index is 14.0. The van der Waals surface area contributed by atoms with E-state index < -0.39 is 15.8 Å². The maximum Gasteiger partial charge on any atom is 0.240 e. The van der Waals surface area contributed by atoms with Gasteiger partial charge in [0, 0.05) is 38.4 Å². The summed E-state index contributed by atoms with van der Waals surface area (Å²) in [6.07, 6.45) is 0.682. The molecule has 0 unspecified atom stereocenters. The molecular formula is C22H30FN3O4S. The van der Waals surface area contributed by atoms with Gasteiger partial charge in [-0.3, -0.25) is 4.90 Å². The second-order valence-electron chi connectivity index (χ2n) is 7.30. The van der Waals surface area contributed by atoms with Crippen molar-refractivity contribution in [3.8, 4) is 11.5 Å². The Labute approximate surface area is 183 Å². The second kappa shape index (κ2) is 10.8. The molecule has 1 N–H and O–H groups in total. The molecule has 1 fully saturated rings. The van der Waals surface area contributed by atoms with E-state index in [0.717, 1.165) is 44.5 Å². The second-order valence-corrected chi connectivity index (χ2v) is 9.07. The molecule has 1 saturated heterocycles. The third kappa shape index (κ3) is 6.32. The fourth-order valence-corrected chi connectivity index (χ4v) is 4.62. The minimum Gasteiger partial charge on any atom is -0.497 e. The fourth-order valence-electron chi connectivity index (χ4n) is 3.54. The minimum absolute atomic E-state index is 0.0511. The zero-order valence-electron chi connectivity index (χ0n) is 18.0. The number of sulfonamides is 1. The van der Waals surface area contributed by atoms with Gasteiger partial charge < -0.3 is 14.4 Å². The highest BCUT2D eigenvalue weighted by Gasteiger charge is 2.19. The summed E-state index contributed by atoms with van der Waals surface area (Å²) in [7, 11) is -2.09. The summed E-state index contributed by atoms with van der Waals surface area (Å²) in [6.45, 7) is 6.84. The van der Waals surface area contributed by atoms with Gasteiger partial charge in [0.15, 0.2) is 11.6 Å². The summed E-state index contributed by atoms with van der Waals surface area (Å²) in [5, 5.41) is 0. The lowest BCUT2D eigenvalue weighted by atomic mass is 10.2. The summed E-state index contributed by atoms with van der Waals surface area (Å²) in [5.41, 5.74) is 1.18. The molecule has 1 aliphatic heterocycles. The Balaban J connectivity index is 1.41. The zero-order valence-corrected chi connectivity index (χ0v) is 18.8. The Morgan fingerprint density at radius 3 is 2.39 bits per heavy atom. The van der Waals surface area contributed by atoms with Crippen LogP contribution in [0.4, 0.5) is 10.1 Å². The van der Waals surface area contributed by atoms with Crippen LogP contribution in [0.1, 0.15) is 13.3 Å². The molecule has 0 spiro atoms. The van der Waals surface area contributed by atoms with Crippen LogP contribution >= 0.6 is 0 Å². The molecule has 9 heteroatoms. The number of methoxy groups -OCH3 is 1. The highest BCUT2D eigenvalue weighted by atomic mass is 32.2. The number of anilines is 1. The van der Waals surface area contributed by atoms with Gasteiger partial charge in [0.25, 0.3) is 0 Å². The number of ether oxygens (including phenoxy) is 2. The minimum atomic E-state index is -3.75. The highest BCUT2D eigenvalue weighted by Crippen LogP contribution is 2.22. The fraction of sp³-hybridized carbons (Fsp3) is 0.455. The molecule has 0 aromatic heterocycles. The molecule has 0 amide bonds. The number of hydrogen-bond acceptors (Lipinski definition) is 6. The van der Waals surface area contributed by atoms with Crippen LogP contribution in [0.2, 0.25) is 0 Å². The van der Waals surface area contributed by atoms with Crippen LogP contribution < -0.4 is 19.1 Å². The van der Waals surface area contributed by atoms with Crippen molar-refractivity contribution in [3.63, 3.8) is 0 Å². The van der Waals surface area contributed by atoms with Crippen LogP contribution in [0.5, 0.6) is 11.5 Å². The molecule has 0 atom stereocenters. The number of hydrogen-bond donors (Lipinski definition) is 1. The molecule has 0 radical (unpaired) electrons. The van der Waals surface area contributed by atoms with Crippen LogP contribution in [0.15, 0.2) is 47.4 Å². The van der Waals surface area contributed by atoms with Crippen LogP contribution in [0.25, 0.3) is 0 Å². The summed E-state index contributed by atoms with van der Waals surface area (Å²) >= 11 is 0. The average Bonchev–Trinajstić information content (AvgIpc) is 2.78. The molecule has 0 saturated carbocycles. The Bertz CT molecular complexity index is 946. The van der Waals surface area contributed by atoms with Gasteiger partial charge in [-0.1, -0.05) is 0 Å². The van der Waals surface area contributed by atoms with E-state index in [9.17, 15) is 12.8 Å². The molecule has 3 rings (SSSR count). The van der Waals surface area contributed by atoms with Gasteiger partial charge in [0.1, 0.15) is 5.75 Å². The van der Waals surface area contributed by atoms with Gasteiger partial charge in [-0.15, -0.1) is 0 Å². The van der Waals surface area contributed by atoms with E-state index in [1.807, 2.05) is 12.1 Å². The number of piperazine rings is 1. The first-order chi connectivity index (χ1) is 14.9. The van der Waals surface area contributed by atoms with Gasteiger partial charge in [-0.05, 0) is 62.4 Å². The van der Waals surface area contributed by atoms with Crippen LogP contribution in [0.3, 0.4) is 0 Å². The molecule has 0 bridgehead atoms. The normalized spacial score (nSPS) is 15.1. The Morgan fingerprint density at radius 2 is 1.77 bits per heavy atom. The van der Waals surface area contributed by atoms with Crippen molar-refractivity contribution in [1.82, 2.24) is 9.62 Å². The van der Waals surface area contributed by atoms with E-state index in [4.69, 9.17) is 9.47 Å². The highest BCUT2D eigenvalue weighted by molar-refractivity contribution is 7.89. The largest absolute Gasteiger partial charge is 0.497 e. The third-order valence-corrected chi connectivity index (χ3v) is 6.73. The van der Waals surface area contributed by atoms with Gasteiger partial charge in [-0.2, -0.15) is 0 Å². The topological polar surface area (TPSA) is 71.1 Å². The number of halogens is 1. The lowest BCUT2D eigenvalue weighted by Crippen LogP contribution is -2.47. The van der Waals surface area contributed by atoms with Crippen molar-refractivity contribution in [2.24, 2.45) is 0 Å². The van der Waals surface area contributed by atoms with Crippen molar-refractivity contribution in [1.29, 1.82) is 0 Å². The number of nitrogens with zero attached hydrogens (tertiary/aromatic N) is 2. The monoisotopic (exact) mass is 451 g/mol. The van der Waals surface area contributed by atoms with Gasteiger partial charge >= 0.3 is 0 Å². The lowest BCUT2D eigenvalue weighted by Gasteiger charge is -2.36. The Kier molecular flexibility index (Phi) is 8.11. The van der Waals surface area contributed by atoms with E-state index in [-0.39, 0.29) is 10.6 Å². The SMILES string of the molecule is CCOc1ccc(S(=O)(=O)NCCCN2CCN(c3ccc(OC)cc3)CC2)cc1F. The van der Waals surface area contributed by atoms with Crippen molar-refractivity contribution in [2.75, 3.05) is 57.9 Å². The zero-order chi connectivity index (χ0) is 22.3. The number of rotatable bonds is 10. The molecule has 2 aromatic carbocycles. The summed E-state index contributed by atoms with van der Waals surface area (Å²) in [5.74, 6) is 0.215. The lowest BCUT2D eigenvalue weighted by molar-refractivity contribution is 0.255. The van der Waals surface area contributed by atoms with Gasteiger partial charge in [-0.25, -0.2) is 17.5 Å². The summed E-state index contributed by atoms with van der Waals surface area (Å²) in [6, 6.07) is 11.7. The van der Waals surface area contributed by atoms with Crippen LogP contribution in [-0.2, 0) is 10.0 Å². The smallest absolute Gasteiger partial charge is 0.240 e. The molecule has 1 aliphatic rings. The predicted molar refractivity (Wildman–Crippen MR) is 119 cm³/mol. The maximum atomic E-state index is 14.0. The van der Waals surface area contributed by atoms with Crippen molar-refractivity contribution in [3.05, 3.63) is 48.3 Å². The number of nitrogens with one attached hydrogen (secondary N) is 1. The Hall–Kier alpha value is -2.36. The van der Waals surface area contributed by atoms with E-state index in [1.54, 1.807) is 14.0 Å². The van der Waals surface area contributed by atoms with Gasteiger partial charge in [0.2, 0.25) is 10.0 Å². The summed E-state index contributed by atoms with van der Waals surface area (Å²) < 4.78 is 51.6. The molecular weight excluding hydrogens is 421 g/mol. The molecule has 7 nitrogen and oxygen atoms in total. The van der Waals surface area contributed by atoms with E-state index in [0.29, 0.717) is 19.6 Å². The van der Waals surface area contributed by atoms with E-state index >= 15 is 0 Å².